The summed E-state index contributed by atoms with van der Waals surface area (Å²) in [7, 11) is 0. The Kier molecular flexibility index (Phi) is 6.75. The minimum absolute atomic E-state index is 0.0258. The first-order chi connectivity index (χ1) is 12.9. The van der Waals surface area contributed by atoms with Gasteiger partial charge in [0, 0.05) is 25.8 Å². The van der Waals surface area contributed by atoms with Gasteiger partial charge in [0.05, 0.1) is 5.69 Å². The molecular weight excluding hydrogens is 361 g/mol. The summed E-state index contributed by atoms with van der Waals surface area (Å²) in [4.78, 5) is 29.9. The van der Waals surface area contributed by atoms with Crippen LogP contribution >= 0.6 is 0 Å². The van der Waals surface area contributed by atoms with Crippen LogP contribution in [0.4, 0.5) is 24.7 Å². The largest absolute Gasteiger partial charge is 0.357 e. The number of rotatable bonds is 6. The number of hydrogen-bond donors (Lipinski definition) is 2. The lowest BCUT2D eigenvalue weighted by molar-refractivity contribution is -0.136. The van der Waals surface area contributed by atoms with Crippen molar-refractivity contribution in [3.8, 4) is 0 Å². The second kappa shape index (κ2) is 9.02. The van der Waals surface area contributed by atoms with Crippen molar-refractivity contribution in [3.63, 3.8) is 0 Å². The van der Waals surface area contributed by atoms with Crippen LogP contribution in [0.3, 0.4) is 0 Å². The smallest absolute Gasteiger partial charge is 0.313 e. The lowest BCUT2D eigenvalue weighted by Gasteiger charge is -2.19. The van der Waals surface area contributed by atoms with Crippen molar-refractivity contribution in [1.82, 2.24) is 10.3 Å². The van der Waals surface area contributed by atoms with Gasteiger partial charge in [0.2, 0.25) is 0 Å². The molecule has 6 nitrogen and oxygen atoms in total. The van der Waals surface area contributed by atoms with Crippen molar-refractivity contribution >= 4 is 23.3 Å². The molecule has 144 valence electrons. The molecule has 0 radical (unpaired) electrons. The second-order valence-electron chi connectivity index (χ2n) is 5.56. The van der Waals surface area contributed by atoms with E-state index in [0.717, 1.165) is 25.0 Å². The second-order valence-corrected chi connectivity index (χ2v) is 5.56. The van der Waals surface area contributed by atoms with Crippen LogP contribution < -0.4 is 15.5 Å². The minimum Gasteiger partial charge on any atom is -0.357 e. The van der Waals surface area contributed by atoms with Crippen LogP contribution in [-0.2, 0) is 16.1 Å². The Morgan fingerprint density at radius 2 is 1.70 bits per heavy atom. The van der Waals surface area contributed by atoms with Gasteiger partial charge in [0.15, 0.2) is 17.5 Å². The van der Waals surface area contributed by atoms with Gasteiger partial charge in [-0.25, -0.2) is 18.2 Å². The fourth-order valence-electron chi connectivity index (χ4n) is 2.32. The van der Waals surface area contributed by atoms with Gasteiger partial charge in [-0.1, -0.05) is 6.07 Å². The van der Waals surface area contributed by atoms with Crippen LogP contribution in [-0.4, -0.2) is 29.9 Å². The maximum Gasteiger partial charge on any atom is 0.313 e. The zero-order valence-electron chi connectivity index (χ0n) is 14.9. The van der Waals surface area contributed by atoms with Gasteiger partial charge in [-0.3, -0.25) is 9.59 Å². The van der Waals surface area contributed by atoms with E-state index in [9.17, 15) is 22.8 Å². The quantitative estimate of drug-likeness (QED) is 0.597. The summed E-state index contributed by atoms with van der Waals surface area (Å²) in [6.45, 7) is 5.65. The van der Waals surface area contributed by atoms with Crippen molar-refractivity contribution in [3.05, 3.63) is 53.5 Å². The van der Waals surface area contributed by atoms with Gasteiger partial charge < -0.3 is 15.5 Å². The highest BCUT2D eigenvalue weighted by Crippen LogP contribution is 2.19. The Balaban J connectivity index is 1.93. The summed E-state index contributed by atoms with van der Waals surface area (Å²) in [5.41, 5.74) is 0.0327. The van der Waals surface area contributed by atoms with E-state index in [0.29, 0.717) is 11.6 Å². The van der Waals surface area contributed by atoms with E-state index >= 15 is 0 Å². The average Bonchev–Trinajstić information content (AvgIpc) is 2.68. The minimum atomic E-state index is -1.73. The summed E-state index contributed by atoms with van der Waals surface area (Å²) < 4.78 is 39.5. The molecule has 1 aromatic heterocycles. The van der Waals surface area contributed by atoms with Crippen LogP contribution in [0.1, 0.15) is 19.4 Å². The standard InChI is InChI=1S/C18H19F3N4O2/c1-3-25(4-2)14-8-5-11(9-22-14)10-23-17(26)18(27)24-13-7-6-12(19)15(20)16(13)21/h5-9H,3-4,10H2,1-2H3,(H,23,26)(H,24,27). The SMILES string of the molecule is CCN(CC)c1ccc(CNC(=O)C(=O)Nc2ccc(F)c(F)c2F)cn1. The number of anilines is 2. The lowest BCUT2D eigenvalue weighted by Crippen LogP contribution is -2.35. The number of benzene rings is 1. The third kappa shape index (κ3) is 4.96. The van der Waals surface area contributed by atoms with Crippen LogP contribution in [0.5, 0.6) is 0 Å². The molecule has 9 heteroatoms. The first-order valence-corrected chi connectivity index (χ1v) is 8.29. The number of aromatic nitrogens is 1. The number of nitrogens with one attached hydrogen (secondary N) is 2. The fraction of sp³-hybridized carbons (Fsp3) is 0.278. The van der Waals surface area contributed by atoms with E-state index in [1.165, 1.54) is 0 Å². The van der Waals surface area contributed by atoms with Gasteiger partial charge in [0.25, 0.3) is 0 Å². The third-order valence-corrected chi connectivity index (χ3v) is 3.84. The Labute approximate surface area is 154 Å². The zero-order chi connectivity index (χ0) is 20.0. The Bertz CT molecular complexity index is 824. The Hall–Kier alpha value is -3.10. The normalized spacial score (nSPS) is 10.4. The zero-order valence-corrected chi connectivity index (χ0v) is 14.9. The third-order valence-electron chi connectivity index (χ3n) is 3.84. The van der Waals surface area contributed by atoms with Gasteiger partial charge >= 0.3 is 11.8 Å². The first kappa shape index (κ1) is 20.2. The van der Waals surface area contributed by atoms with E-state index in [1.807, 2.05) is 24.1 Å². The molecule has 0 aliphatic rings. The Morgan fingerprint density at radius 1 is 1.00 bits per heavy atom. The van der Waals surface area contributed by atoms with Gasteiger partial charge in [-0.05, 0) is 37.6 Å². The molecule has 1 heterocycles. The maximum absolute atomic E-state index is 13.5. The summed E-state index contributed by atoms with van der Waals surface area (Å²) in [5.74, 6) is -6.16. The molecular formula is C18H19F3N4O2. The molecule has 0 atom stereocenters. The highest BCUT2D eigenvalue weighted by molar-refractivity contribution is 6.39. The molecule has 27 heavy (non-hydrogen) atoms. The molecule has 0 aliphatic carbocycles. The van der Waals surface area contributed by atoms with Crippen molar-refractivity contribution in [1.29, 1.82) is 0 Å². The van der Waals surface area contributed by atoms with E-state index in [-0.39, 0.29) is 6.54 Å². The molecule has 0 saturated carbocycles. The highest BCUT2D eigenvalue weighted by atomic mass is 19.2. The monoisotopic (exact) mass is 380 g/mol. The van der Waals surface area contributed by atoms with Gasteiger partial charge in [-0.2, -0.15) is 0 Å². The number of halogens is 3. The molecule has 2 amide bonds. The molecule has 0 saturated heterocycles. The number of nitrogens with zero attached hydrogens (tertiary/aromatic N) is 2. The average molecular weight is 380 g/mol. The van der Waals surface area contributed by atoms with Crippen LogP contribution in [0, 0.1) is 17.5 Å². The first-order valence-electron chi connectivity index (χ1n) is 8.29. The molecule has 0 bridgehead atoms. The van der Waals surface area contributed by atoms with E-state index in [4.69, 9.17) is 0 Å². The number of carbonyl (C=O) groups excluding carboxylic acids is 2. The van der Waals surface area contributed by atoms with Crippen molar-refractivity contribution in [2.45, 2.75) is 20.4 Å². The summed E-state index contributed by atoms with van der Waals surface area (Å²) in [6.07, 6.45) is 1.57. The topological polar surface area (TPSA) is 74.3 Å². The number of carbonyl (C=O) groups is 2. The van der Waals surface area contributed by atoms with Crippen molar-refractivity contribution in [2.75, 3.05) is 23.3 Å². The molecule has 0 unspecified atom stereocenters. The van der Waals surface area contributed by atoms with Crippen molar-refractivity contribution < 1.29 is 22.8 Å². The lowest BCUT2D eigenvalue weighted by atomic mass is 10.2. The molecule has 2 rings (SSSR count). The number of pyridine rings is 1. The Morgan fingerprint density at radius 3 is 2.30 bits per heavy atom. The van der Waals surface area contributed by atoms with Gasteiger partial charge in [-0.15, -0.1) is 0 Å². The molecule has 0 fully saturated rings. The van der Waals surface area contributed by atoms with Crippen LogP contribution in [0.25, 0.3) is 0 Å². The number of amides is 2. The molecule has 1 aromatic carbocycles. The highest BCUT2D eigenvalue weighted by Gasteiger charge is 2.19. The predicted octanol–water partition coefficient (Wildman–Crippen LogP) is 2.60. The predicted molar refractivity (Wildman–Crippen MR) is 94.6 cm³/mol. The molecule has 0 spiro atoms. The molecule has 0 aliphatic heterocycles. The fourth-order valence-corrected chi connectivity index (χ4v) is 2.32. The molecule has 2 aromatic rings. The van der Waals surface area contributed by atoms with E-state index < -0.39 is 35.0 Å². The summed E-state index contributed by atoms with van der Waals surface area (Å²) >= 11 is 0. The van der Waals surface area contributed by atoms with E-state index in [1.54, 1.807) is 18.3 Å². The number of hydrogen-bond acceptors (Lipinski definition) is 4. The maximum atomic E-state index is 13.5. The van der Waals surface area contributed by atoms with Gasteiger partial charge in [0.1, 0.15) is 5.82 Å². The van der Waals surface area contributed by atoms with Crippen LogP contribution in [0.15, 0.2) is 30.5 Å². The van der Waals surface area contributed by atoms with E-state index in [2.05, 4.69) is 10.3 Å². The molecule has 2 N–H and O–H groups in total. The summed E-state index contributed by atoms with van der Waals surface area (Å²) in [6, 6.07) is 5.03. The summed E-state index contributed by atoms with van der Waals surface area (Å²) in [5, 5.41) is 4.24. The van der Waals surface area contributed by atoms with Crippen LogP contribution in [0.2, 0.25) is 0 Å². The van der Waals surface area contributed by atoms with Crippen molar-refractivity contribution in [2.24, 2.45) is 0 Å².